The molecular formula is C12H13BrFNO3S. The van der Waals surface area contributed by atoms with Gasteiger partial charge in [-0.05, 0) is 31.0 Å². The maximum Gasteiger partial charge on any atom is 0.245 e. The molecular weight excluding hydrogens is 337 g/mol. The van der Waals surface area contributed by atoms with E-state index < -0.39 is 15.8 Å². The van der Waals surface area contributed by atoms with Gasteiger partial charge in [0.25, 0.3) is 0 Å². The molecule has 19 heavy (non-hydrogen) atoms. The van der Waals surface area contributed by atoms with Gasteiger partial charge in [-0.25, -0.2) is 12.8 Å². The summed E-state index contributed by atoms with van der Waals surface area (Å²) in [5, 5.41) is 0. The highest BCUT2D eigenvalue weighted by atomic mass is 79.9. The van der Waals surface area contributed by atoms with Gasteiger partial charge < -0.3 is 4.79 Å². The molecule has 104 valence electrons. The molecule has 1 saturated heterocycles. The van der Waals surface area contributed by atoms with Crippen LogP contribution in [0.3, 0.4) is 0 Å². The van der Waals surface area contributed by atoms with E-state index in [1.807, 2.05) is 0 Å². The Balaban J connectivity index is 2.25. The first-order chi connectivity index (χ1) is 8.95. The van der Waals surface area contributed by atoms with Crippen molar-refractivity contribution in [3.63, 3.8) is 0 Å². The van der Waals surface area contributed by atoms with E-state index in [9.17, 15) is 17.6 Å². The minimum absolute atomic E-state index is 0.0961. The summed E-state index contributed by atoms with van der Waals surface area (Å²) in [4.78, 5) is 10.3. The Labute approximate surface area is 119 Å². The Kier molecular flexibility index (Phi) is 4.37. The lowest BCUT2D eigenvalue weighted by atomic mass is 10.0. The molecule has 4 nitrogen and oxygen atoms in total. The lowest BCUT2D eigenvalue weighted by molar-refractivity contribution is -0.112. The van der Waals surface area contributed by atoms with E-state index in [1.165, 1.54) is 16.4 Å². The Morgan fingerprint density at radius 2 is 1.95 bits per heavy atom. The van der Waals surface area contributed by atoms with E-state index in [1.54, 1.807) is 0 Å². The number of nitrogens with zero attached hydrogens (tertiary/aromatic N) is 1. The maximum atomic E-state index is 13.8. The van der Waals surface area contributed by atoms with Gasteiger partial charge in [0, 0.05) is 23.5 Å². The van der Waals surface area contributed by atoms with Crippen molar-refractivity contribution in [1.29, 1.82) is 0 Å². The second kappa shape index (κ2) is 5.68. The van der Waals surface area contributed by atoms with Crippen LogP contribution in [0.4, 0.5) is 4.39 Å². The first kappa shape index (κ1) is 14.6. The second-order valence-electron chi connectivity index (χ2n) is 4.45. The third kappa shape index (κ3) is 3.04. The fraction of sp³-hybridized carbons (Fsp3) is 0.417. The number of aldehydes is 1. The van der Waals surface area contributed by atoms with E-state index in [0.29, 0.717) is 17.3 Å². The molecule has 7 heteroatoms. The number of carbonyl (C=O) groups is 1. The summed E-state index contributed by atoms with van der Waals surface area (Å²) in [7, 11) is -3.82. The summed E-state index contributed by atoms with van der Waals surface area (Å²) in [6.45, 7) is 0.502. The van der Waals surface area contributed by atoms with E-state index in [4.69, 9.17) is 0 Å². The molecule has 0 saturated carbocycles. The molecule has 1 aliphatic rings. The molecule has 0 unspecified atom stereocenters. The Hall–Kier alpha value is -0.790. The fourth-order valence-electron chi connectivity index (χ4n) is 2.08. The van der Waals surface area contributed by atoms with Gasteiger partial charge in [-0.3, -0.25) is 0 Å². The van der Waals surface area contributed by atoms with E-state index >= 15 is 0 Å². The van der Waals surface area contributed by atoms with Gasteiger partial charge in [0.2, 0.25) is 10.0 Å². The van der Waals surface area contributed by atoms with Crippen LogP contribution in [0.25, 0.3) is 0 Å². The minimum Gasteiger partial charge on any atom is -0.303 e. The Morgan fingerprint density at radius 1 is 1.32 bits per heavy atom. The lowest BCUT2D eigenvalue weighted by Crippen LogP contribution is -2.39. The summed E-state index contributed by atoms with van der Waals surface area (Å²) in [5.74, 6) is -0.867. The van der Waals surface area contributed by atoms with Crippen LogP contribution in [-0.2, 0) is 14.8 Å². The van der Waals surface area contributed by atoms with Crippen molar-refractivity contribution in [1.82, 2.24) is 4.31 Å². The van der Waals surface area contributed by atoms with Gasteiger partial charge in [0.15, 0.2) is 0 Å². The van der Waals surface area contributed by atoms with Crippen molar-refractivity contribution in [2.45, 2.75) is 17.7 Å². The number of rotatable bonds is 3. The summed E-state index contributed by atoms with van der Waals surface area (Å²) in [6.07, 6.45) is 1.83. The van der Waals surface area contributed by atoms with Crippen LogP contribution in [0.5, 0.6) is 0 Å². The predicted octanol–water partition coefficient (Wildman–Crippen LogP) is 2.19. The number of benzene rings is 1. The Morgan fingerprint density at radius 3 is 2.47 bits per heavy atom. The van der Waals surface area contributed by atoms with Crippen LogP contribution in [-0.4, -0.2) is 32.1 Å². The molecule has 0 N–H and O–H groups in total. The molecule has 1 aliphatic heterocycles. The number of sulfonamides is 1. The molecule has 2 rings (SSSR count). The van der Waals surface area contributed by atoms with Crippen LogP contribution in [0.1, 0.15) is 12.8 Å². The average Bonchev–Trinajstić information content (AvgIpc) is 2.38. The predicted molar refractivity (Wildman–Crippen MR) is 71.6 cm³/mol. The average molecular weight is 350 g/mol. The summed E-state index contributed by atoms with van der Waals surface area (Å²) in [5.41, 5.74) is 0. The smallest absolute Gasteiger partial charge is 0.245 e. The van der Waals surface area contributed by atoms with Gasteiger partial charge in [-0.2, -0.15) is 4.31 Å². The molecule has 1 heterocycles. The number of carbonyl (C=O) groups excluding carboxylic acids is 1. The molecule has 0 atom stereocenters. The molecule has 0 radical (unpaired) electrons. The van der Waals surface area contributed by atoms with E-state index in [-0.39, 0.29) is 23.9 Å². The van der Waals surface area contributed by atoms with Crippen LogP contribution in [0.2, 0.25) is 0 Å². The third-order valence-corrected chi connectivity index (χ3v) is 5.63. The molecule has 0 aromatic heterocycles. The van der Waals surface area contributed by atoms with Crippen molar-refractivity contribution in [2.24, 2.45) is 5.92 Å². The number of piperidine rings is 1. The van der Waals surface area contributed by atoms with Gasteiger partial charge in [0.05, 0.1) is 0 Å². The normalized spacial score (nSPS) is 18.4. The molecule has 1 aromatic carbocycles. The van der Waals surface area contributed by atoms with Crippen LogP contribution in [0.15, 0.2) is 27.6 Å². The van der Waals surface area contributed by atoms with Crippen molar-refractivity contribution in [2.75, 3.05) is 13.1 Å². The van der Waals surface area contributed by atoms with Gasteiger partial charge in [-0.1, -0.05) is 15.9 Å². The summed E-state index contributed by atoms with van der Waals surface area (Å²) in [6, 6.07) is 3.87. The van der Waals surface area contributed by atoms with Gasteiger partial charge in [0.1, 0.15) is 17.0 Å². The van der Waals surface area contributed by atoms with Crippen molar-refractivity contribution in [3.8, 4) is 0 Å². The SMILES string of the molecule is O=CC1CCN(S(=O)(=O)c2ccc(Br)cc2F)CC1. The highest BCUT2D eigenvalue weighted by Crippen LogP contribution is 2.26. The highest BCUT2D eigenvalue weighted by molar-refractivity contribution is 9.10. The Bertz CT molecular complexity index is 583. The van der Waals surface area contributed by atoms with E-state index in [2.05, 4.69) is 15.9 Å². The number of hydrogen-bond acceptors (Lipinski definition) is 3. The number of halogens is 2. The number of hydrogen-bond donors (Lipinski definition) is 0. The third-order valence-electron chi connectivity index (χ3n) is 3.20. The zero-order chi connectivity index (χ0) is 14.0. The minimum atomic E-state index is -3.82. The van der Waals surface area contributed by atoms with Crippen molar-refractivity contribution >= 4 is 32.2 Å². The standard InChI is InChI=1S/C12H13BrFNO3S/c13-10-1-2-12(11(14)7-10)19(17,18)15-5-3-9(8-16)4-6-15/h1-2,7-9H,3-6H2. The maximum absolute atomic E-state index is 13.8. The van der Waals surface area contributed by atoms with E-state index in [0.717, 1.165) is 12.4 Å². The first-order valence-corrected chi connectivity index (χ1v) is 8.09. The molecule has 0 spiro atoms. The molecule has 0 bridgehead atoms. The quantitative estimate of drug-likeness (QED) is 0.786. The second-order valence-corrected chi connectivity index (χ2v) is 7.27. The van der Waals surface area contributed by atoms with Crippen LogP contribution in [0, 0.1) is 11.7 Å². The van der Waals surface area contributed by atoms with Crippen LogP contribution < -0.4 is 0 Å². The first-order valence-electron chi connectivity index (χ1n) is 5.85. The molecule has 0 aliphatic carbocycles. The van der Waals surface area contributed by atoms with Gasteiger partial charge >= 0.3 is 0 Å². The summed E-state index contributed by atoms with van der Waals surface area (Å²) >= 11 is 3.09. The van der Waals surface area contributed by atoms with Gasteiger partial charge in [-0.15, -0.1) is 0 Å². The fourth-order valence-corrected chi connectivity index (χ4v) is 3.92. The van der Waals surface area contributed by atoms with Crippen molar-refractivity contribution < 1.29 is 17.6 Å². The van der Waals surface area contributed by atoms with Crippen LogP contribution >= 0.6 is 15.9 Å². The topological polar surface area (TPSA) is 54.5 Å². The molecule has 1 fully saturated rings. The highest BCUT2D eigenvalue weighted by Gasteiger charge is 2.31. The largest absolute Gasteiger partial charge is 0.303 e. The monoisotopic (exact) mass is 349 g/mol. The lowest BCUT2D eigenvalue weighted by Gasteiger charge is -2.28. The summed E-state index contributed by atoms with van der Waals surface area (Å²) < 4.78 is 40.1. The molecule has 1 aromatic rings. The zero-order valence-electron chi connectivity index (χ0n) is 10.1. The van der Waals surface area contributed by atoms with Crippen molar-refractivity contribution in [3.05, 3.63) is 28.5 Å². The molecule has 0 amide bonds. The zero-order valence-corrected chi connectivity index (χ0v) is 12.5.